The van der Waals surface area contributed by atoms with Gasteiger partial charge in [0.2, 0.25) is 0 Å². The lowest BCUT2D eigenvalue weighted by molar-refractivity contribution is 0.141. The molecule has 1 aliphatic carbocycles. The molecule has 112 valence electrons. The van der Waals surface area contributed by atoms with Crippen LogP contribution in [0.2, 0.25) is 0 Å². The summed E-state index contributed by atoms with van der Waals surface area (Å²) in [6, 6.07) is 0. The van der Waals surface area contributed by atoms with Gasteiger partial charge in [-0.2, -0.15) is 0 Å². The molecule has 1 aromatic rings. The van der Waals surface area contributed by atoms with Crippen LogP contribution in [0.25, 0.3) is 0 Å². The average molecular weight is 281 g/mol. The van der Waals surface area contributed by atoms with Crippen molar-refractivity contribution in [3.05, 3.63) is 17.8 Å². The van der Waals surface area contributed by atoms with Gasteiger partial charge in [0.15, 0.2) is 11.6 Å². The van der Waals surface area contributed by atoms with E-state index in [1.165, 1.54) is 25.6 Å². The summed E-state index contributed by atoms with van der Waals surface area (Å²) in [5.74, 6) is -0.0512. The highest BCUT2D eigenvalue weighted by Gasteiger charge is 2.31. The first-order valence-electron chi connectivity index (χ1n) is 7.55. The molecule has 1 heterocycles. The first-order valence-corrected chi connectivity index (χ1v) is 7.55. The molecule has 0 spiro atoms. The highest BCUT2D eigenvalue weighted by atomic mass is 19.1. The molecule has 1 saturated carbocycles. The van der Waals surface area contributed by atoms with Crippen LogP contribution in [0.5, 0.6) is 0 Å². The molecule has 5 heteroatoms. The van der Waals surface area contributed by atoms with Crippen LogP contribution in [0, 0.1) is 11.2 Å². The fourth-order valence-electron chi connectivity index (χ4n) is 3.10. The lowest BCUT2D eigenvalue weighted by Gasteiger charge is -2.37. The largest absolute Gasteiger partial charge is 0.396 e. The number of anilines is 1. The van der Waals surface area contributed by atoms with Crippen molar-refractivity contribution in [2.45, 2.75) is 51.9 Å². The van der Waals surface area contributed by atoms with Gasteiger partial charge in [-0.05, 0) is 31.1 Å². The molecule has 1 aliphatic rings. The van der Waals surface area contributed by atoms with Crippen LogP contribution < -0.4 is 5.32 Å². The Bertz CT molecular complexity index is 428. The van der Waals surface area contributed by atoms with Crippen LogP contribution in [-0.4, -0.2) is 28.2 Å². The molecule has 0 unspecified atom stereocenters. The number of aryl methyl sites for hydroxylation is 1. The number of rotatable bonds is 6. The minimum absolute atomic E-state index is 0.0801. The third-order valence-electron chi connectivity index (χ3n) is 4.38. The Balaban J connectivity index is 2.05. The minimum atomic E-state index is -0.343. The predicted octanol–water partition coefficient (Wildman–Crippen LogP) is 2.92. The molecule has 4 nitrogen and oxygen atoms in total. The van der Waals surface area contributed by atoms with Crippen molar-refractivity contribution >= 4 is 5.82 Å². The lowest BCUT2D eigenvalue weighted by atomic mass is 9.72. The molecule has 1 fully saturated rings. The van der Waals surface area contributed by atoms with Gasteiger partial charge in [0.1, 0.15) is 6.33 Å². The SMILES string of the molecule is CCc1ncnc(NCC2(CCO)CCCCC2)c1F. The standard InChI is InChI=1S/C15H24FN3O/c1-2-12-13(16)14(19-11-18-12)17-10-15(8-9-20)6-4-3-5-7-15/h11,20H,2-10H2,1H3,(H,17,18,19). The number of hydrogen-bond acceptors (Lipinski definition) is 4. The zero-order chi connectivity index (χ0) is 14.4. The van der Waals surface area contributed by atoms with E-state index in [0.29, 0.717) is 24.5 Å². The summed E-state index contributed by atoms with van der Waals surface area (Å²) in [5, 5.41) is 12.4. The summed E-state index contributed by atoms with van der Waals surface area (Å²) in [6.07, 6.45) is 8.56. The van der Waals surface area contributed by atoms with Gasteiger partial charge in [-0.25, -0.2) is 14.4 Å². The number of aromatic nitrogens is 2. The summed E-state index contributed by atoms with van der Waals surface area (Å²) in [7, 11) is 0. The molecule has 0 saturated heterocycles. The summed E-state index contributed by atoms with van der Waals surface area (Å²) in [4.78, 5) is 7.94. The van der Waals surface area contributed by atoms with Crippen molar-refractivity contribution in [2.75, 3.05) is 18.5 Å². The second-order valence-corrected chi connectivity index (χ2v) is 5.72. The molecule has 1 aromatic heterocycles. The van der Waals surface area contributed by atoms with Gasteiger partial charge in [-0.1, -0.05) is 26.2 Å². The van der Waals surface area contributed by atoms with E-state index >= 15 is 0 Å². The van der Waals surface area contributed by atoms with Gasteiger partial charge in [0.05, 0.1) is 5.69 Å². The molecule has 2 N–H and O–H groups in total. The normalized spacial score (nSPS) is 17.9. The van der Waals surface area contributed by atoms with Gasteiger partial charge in [0.25, 0.3) is 0 Å². The van der Waals surface area contributed by atoms with Gasteiger partial charge in [0, 0.05) is 13.2 Å². The van der Waals surface area contributed by atoms with E-state index < -0.39 is 0 Å². The number of aliphatic hydroxyl groups excluding tert-OH is 1. The molecule has 0 radical (unpaired) electrons. The monoisotopic (exact) mass is 281 g/mol. The number of hydrogen-bond donors (Lipinski definition) is 2. The molecule has 0 aromatic carbocycles. The first kappa shape index (κ1) is 15.2. The maximum Gasteiger partial charge on any atom is 0.186 e. The molecule has 0 bridgehead atoms. The van der Waals surface area contributed by atoms with Crippen LogP contribution in [0.15, 0.2) is 6.33 Å². The van der Waals surface area contributed by atoms with Crippen molar-refractivity contribution in [3.63, 3.8) is 0 Å². The van der Waals surface area contributed by atoms with Gasteiger partial charge < -0.3 is 10.4 Å². The van der Waals surface area contributed by atoms with Crippen molar-refractivity contribution in [3.8, 4) is 0 Å². The smallest absolute Gasteiger partial charge is 0.186 e. The fourth-order valence-corrected chi connectivity index (χ4v) is 3.10. The van der Waals surface area contributed by atoms with E-state index in [2.05, 4.69) is 15.3 Å². The van der Waals surface area contributed by atoms with E-state index in [4.69, 9.17) is 0 Å². The zero-order valence-corrected chi connectivity index (χ0v) is 12.2. The van der Waals surface area contributed by atoms with E-state index in [1.54, 1.807) is 0 Å². The molecule has 0 aliphatic heterocycles. The van der Waals surface area contributed by atoms with Crippen molar-refractivity contribution < 1.29 is 9.50 Å². The van der Waals surface area contributed by atoms with E-state index in [-0.39, 0.29) is 17.8 Å². The Morgan fingerprint density at radius 2 is 2.05 bits per heavy atom. The number of nitrogens with zero attached hydrogens (tertiary/aromatic N) is 2. The highest BCUT2D eigenvalue weighted by molar-refractivity contribution is 5.37. The Morgan fingerprint density at radius 1 is 1.30 bits per heavy atom. The molecule has 20 heavy (non-hydrogen) atoms. The van der Waals surface area contributed by atoms with Crippen molar-refractivity contribution in [1.29, 1.82) is 0 Å². The second kappa shape index (κ2) is 6.97. The van der Waals surface area contributed by atoms with Crippen molar-refractivity contribution in [2.24, 2.45) is 5.41 Å². The van der Waals surface area contributed by atoms with Crippen LogP contribution in [-0.2, 0) is 6.42 Å². The number of halogens is 1. The summed E-state index contributed by atoms with van der Waals surface area (Å²) < 4.78 is 14.1. The molecule has 2 rings (SSSR count). The Labute approximate surface area is 119 Å². The third-order valence-corrected chi connectivity index (χ3v) is 4.38. The topological polar surface area (TPSA) is 58.0 Å². The average Bonchev–Trinajstić information content (AvgIpc) is 2.47. The Hall–Kier alpha value is -1.23. The second-order valence-electron chi connectivity index (χ2n) is 5.72. The molecule has 0 atom stereocenters. The lowest BCUT2D eigenvalue weighted by Crippen LogP contribution is -2.33. The first-order chi connectivity index (χ1) is 9.71. The van der Waals surface area contributed by atoms with Gasteiger partial charge >= 0.3 is 0 Å². The highest BCUT2D eigenvalue weighted by Crippen LogP contribution is 2.39. The predicted molar refractivity (Wildman–Crippen MR) is 77.1 cm³/mol. The molecular formula is C15H24FN3O. The number of aliphatic hydroxyl groups is 1. The quantitative estimate of drug-likeness (QED) is 0.841. The fraction of sp³-hybridized carbons (Fsp3) is 0.733. The molecule has 0 amide bonds. The third kappa shape index (κ3) is 3.45. The van der Waals surface area contributed by atoms with Crippen LogP contribution in [0.1, 0.15) is 51.1 Å². The summed E-state index contributed by atoms with van der Waals surface area (Å²) in [5.41, 5.74) is 0.527. The summed E-state index contributed by atoms with van der Waals surface area (Å²) in [6.45, 7) is 2.74. The zero-order valence-electron chi connectivity index (χ0n) is 12.2. The van der Waals surface area contributed by atoms with Crippen LogP contribution >= 0.6 is 0 Å². The maximum absolute atomic E-state index is 14.1. The van der Waals surface area contributed by atoms with Gasteiger partial charge in [-0.3, -0.25) is 0 Å². The van der Waals surface area contributed by atoms with Crippen molar-refractivity contribution in [1.82, 2.24) is 9.97 Å². The number of nitrogens with one attached hydrogen (secondary N) is 1. The Kier molecular flexibility index (Phi) is 5.29. The van der Waals surface area contributed by atoms with E-state index in [9.17, 15) is 9.50 Å². The summed E-state index contributed by atoms with van der Waals surface area (Å²) >= 11 is 0. The van der Waals surface area contributed by atoms with E-state index in [0.717, 1.165) is 19.3 Å². The Morgan fingerprint density at radius 3 is 2.70 bits per heavy atom. The van der Waals surface area contributed by atoms with Crippen LogP contribution in [0.4, 0.5) is 10.2 Å². The maximum atomic E-state index is 14.1. The van der Waals surface area contributed by atoms with Crippen LogP contribution in [0.3, 0.4) is 0 Å². The molecular weight excluding hydrogens is 257 g/mol. The van der Waals surface area contributed by atoms with E-state index in [1.807, 2.05) is 6.92 Å². The van der Waals surface area contributed by atoms with Gasteiger partial charge in [-0.15, -0.1) is 0 Å². The minimum Gasteiger partial charge on any atom is -0.396 e.